The van der Waals surface area contributed by atoms with Crippen molar-refractivity contribution in [3.05, 3.63) is 34.9 Å². The largest absolute Gasteiger partial charge is 0.369 e. The predicted molar refractivity (Wildman–Crippen MR) is 79.8 cm³/mol. The first-order chi connectivity index (χ1) is 8.22. The molecule has 1 aromatic carbocycles. The van der Waals surface area contributed by atoms with Crippen molar-refractivity contribution in [1.29, 1.82) is 0 Å². The Bertz CT molecular complexity index is 371. The fraction of sp³-hybridized carbons (Fsp3) is 0.385. The molecule has 0 aliphatic heterocycles. The topological polar surface area (TPSA) is 3.24 Å². The summed E-state index contributed by atoms with van der Waals surface area (Å²) in [6, 6.07) is 6.00. The molecule has 4 heteroatoms. The van der Waals surface area contributed by atoms with Gasteiger partial charge in [0.2, 0.25) is 0 Å². The normalized spacial score (nSPS) is 11.1. The third-order valence-corrected chi connectivity index (χ3v) is 3.07. The van der Waals surface area contributed by atoms with Crippen molar-refractivity contribution in [2.24, 2.45) is 0 Å². The molecule has 1 nitrogen and oxygen atoms in total. The average Bonchev–Trinajstić information content (AvgIpc) is 2.32. The standard InChI is InChI=1S/C13H16Cl3N/c1-2-3-11-4-5-12(10-13(11)16)17(8-6-14)9-7-15/h2-5,10H,6-9H2,1H3. The highest BCUT2D eigenvalue weighted by Gasteiger charge is 2.07. The lowest BCUT2D eigenvalue weighted by molar-refractivity contribution is 0.874. The number of hydrogen-bond acceptors (Lipinski definition) is 1. The van der Waals surface area contributed by atoms with Crippen molar-refractivity contribution in [1.82, 2.24) is 0 Å². The fourth-order valence-electron chi connectivity index (χ4n) is 1.60. The quantitative estimate of drug-likeness (QED) is 0.689. The van der Waals surface area contributed by atoms with Crippen LogP contribution < -0.4 is 4.90 Å². The van der Waals surface area contributed by atoms with Crippen LogP contribution in [0.25, 0.3) is 6.08 Å². The van der Waals surface area contributed by atoms with E-state index in [0.717, 1.165) is 29.4 Å². The molecule has 94 valence electrons. The maximum absolute atomic E-state index is 6.21. The molecule has 0 heterocycles. The fourth-order valence-corrected chi connectivity index (χ4v) is 2.25. The molecular weight excluding hydrogens is 277 g/mol. The average molecular weight is 293 g/mol. The highest BCUT2D eigenvalue weighted by Crippen LogP contribution is 2.24. The monoisotopic (exact) mass is 291 g/mol. The molecule has 0 bridgehead atoms. The van der Waals surface area contributed by atoms with Crippen molar-refractivity contribution in [3.63, 3.8) is 0 Å². The van der Waals surface area contributed by atoms with Gasteiger partial charge in [0.25, 0.3) is 0 Å². The first-order valence-electron chi connectivity index (χ1n) is 5.52. The van der Waals surface area contributed by atoms with Gasteiger partial charge in [-0.2, -0.15) is 0 Å². The Morgan fingerprint density at radius 3 is 2.29 bits per heavy atom. The third-order valence-electron chi connectivity index (χ3n) is 2.40. The summed E-state index contributed by atoms with van der Waals surface area (Å²) >= 11 is 17.8. The van der Waals surface area contributed by atoms with Crippen LogP contribution >= 0.6 is 34.8 Å². The molecule has 0 N–H and O–H groups in total. The Morgan fingerprint density at radius 1 is 1.18 bits per heavy atom. The van der Waals surface area contributed by atoms with E-state index in [1.807, 2.05) is 37.3 Å². The van der Waals surface area contributed by atoms with Crippen molar-refractivity contribution < 1.29 is 0 Å². The van der Waals surface area contributed by atoms with Crippen molar-refractivity contribution in [2.75, 3.05) is 29.7 Å². The van der Waals surface area contributed by atoms with Gasteiger partial charge in [-0.15, -0.1) is 23.2 Å². The van der Waals surface area contributed by atoms with Crippen LogP contribution in [0.5, 0.6) is 0 Å². The number of alkyl halides is 2. The molecule has 0 saturated carbocycles. The third kappa shape index (κ3) is 4.42. The van der Waals surface area contributed by atoms with Crippen LogP contribution in [0.2, 0.25) is 5.02 Å². The van der Waals surface area contributed by atoms with Gasteiger partial charge in [0.05, 0.1) is 0 Å². The van der Waals surface area contributed by atoms with Crippen LogP contribution in [0.1, 0.15) is 12.5 Å². The second kappa shape index (κ2) is 7.86. The van der Waals surface area contributed by atoms with Crippen molar-refractivity contribution >= 4 is 46.6 Å². The summed E-state index contributed by atoms with van der Waals surface area (Å²) in [6.45, 7) is 3.51. The molecule has 0 aliphatic carbocycles. The SMILES string of the molecule is CC=Cc1ccc(N(CCCl)CCCl)cc1Cl. The summed E-state index contributed by atoms with van der Waals surface area (Å²) in [5.74, 6) is 1.15. The molecule has 0 spiro atoms. The van der Waals surface area contributed by atoms with E-state index >= 15 is 0 Å². The van der Waals surface area contributed by atoms with E-state index in [9.17, 15) is 0 Å². The van der Waals surface area contributed by atoms with Gasteiger partial charge in [-0.05, 0) is 24.6 Å². The van der Waals surface area contributed by atoms with Crippen LogP contribution in [-0.4, -0.2) is 24.8 Å². The molecule has 0 saturated heterocycles. The Kier molecular flexibility index (Phi) is 6.79. The van der Waals surface area contributed by atoms with E-state index in [2.05, 4.69) is 4.90 Å². The molecule has 0 atom stereocenters. The summed E-state index contributed by atoms with van der Waals surface area (Å²) < 4.78 is 0. The van der Waals surface area contributed by atoms with Gasteiger partial charge in [-0.25, -0.2) is 0 Å². The summed E-state index contributed by atoms with van der Waals surface area (Å²) in [6.07, 6.45) is 3.95. The smallest absolute Gasteiger partial charge is 0.0498 e. The second-order valence-electron chi connectivity index (χ2n) is 3.57. The van der Waals surface area contributed by atoms with Gasteiger partial charge in [-0.3, -0.25) is 0 Å². The van der Waals surface area contributed by atoms with Gasteiger partial charge < -0.3 is 4.90 Å². The van der Waals surface area contributed by atoms with Gasteiger partial charge in [0, 0.05) is 35.6 Å². The minimum Gasteiger partial charge on any atom is -0.369 e. The van der Waals surface area contributed by atoms with E-state index in [1.54, 1.807) is 0 Å². The van der Waals surface area contributed by atoms with E-state index in [-0.39, 0.29) is 0 Å². The minimum absolute atomic E-state index is 0.575. The zero-order valence-electron chi connectivity index (χ0n) is 9.80. The molecule has 0 fully saturated rings. The lowest BCUT2D eigenvalue weighted by atomic mass is 10.2. The Balaban J connectivity index is 2.92. The number of hydrogen-bond donors (Lipinski definition) is 0. The number of rotatable bonds is 6. The van der Waals surface area contributed by atoms with E-state index in [0.29, 0.717) is 11.8 Å². The van der Waals surface area contributed by atoms with Crippen LogP contribution in [-0.2, 0) is 0 Å². The number of halogens is 3. The molecule has 0 aromatic heterocycles. The lowest BCUT2D eigenvalue weighted by Gasteiger charge is -2.23. The number of allylic oxidation sites excluding steroid dienone is 1. The van der Waals surface area contributed by atoms with Crippen molar-refractivity contribution in [3.8, 4) is 0 Å². The van der Waals surface area contributed by atoms with Crippen LogP contribution in [0.3, 0.4) is 0 Å². The molecule has 0 unspecified atom stereocenters. The first kappa shape index (κ1) is 14.7. The van der Waals surface area contributed by atoms with Gasteiger partial charge in [0.15, 0.2) is 0 Å². The second-order valence-corrected chi connectivity index (χ2v) is 4.73. The molecule has 1 aromatic rings. The molecule has 0 radical (unpaired) electrons. The summed E-state index contributed by atoms with van der Waals surface area (Å²) in [5, 5.41) is 0.745. The van der Waals surface area contributed by atoms with Gasteiger partial charge >= 0.3 is 0 Å². The van der Waals surface area contributed by atoms with Crippen LogP contribution in [0.4, 0.5) is 5.69 Å². The van der Waals surface area contributed by atoms with Gasteiger partial charge in [-0.1, -0.05) is 29.8 Å². The van der Waals surface area contributed by atoms with Crippen molar-refractivity contribution in [2.45, 2.75) is 6.92 Å². The molecule has 17 heavy (non-hydrogen) atoms. The Morgan fingerprint density at radius 2 is 1.82 bits per heavy atom. The van der Waals surface area contributed by atoms with E-state index in [1.165, 1.54) is 0 Å². The van der Waals surface area contributed by atoms with E-state index in [4.69, 9.17) is 34.8 Å². The summed E-state index contributed by atoms with van der Waals surface area (Å²) in [7, 11) is 0. The zero-order valence-corrected chi connectivity index (χ0v) is 12.1. The minimum atomic E-state index is 0.575. The van der Waals surface area contributed by atoms with Crippen LogP contribution in [0.15, 0.2) is 24.3 Å². The number of benzene rings is 1. The Labute approximate surface area is 118 Å². The summed E-state index contributed by atoms with van der Waals surface area (Å²) in [4.78, 5) is 2.13. The highest BCUT2D eigenvalue weighted by molar-refractivity contribution is 6.32. The number of nitrogens with zero attached hydrogens (tertiary/aromatic N) is 1. The molecule has 1 rings (SSSR count). The highest BCUT2D eigenvalue weighted by atomic mass is 35.5. The summed E-state index contributed by atoms with van der Waals surface area (Å²) in [5.41, 5.74) is 2.08. The molecule has 0 amide bonds. The lowest BCUT2D eigenvalue weighted by Crippen LogP contribution is -2.27. The predicted octanol–water partition coefficient (Wildman–Crippen LogP) is 4.66. The van der Waals surface area contributed by atoms with Gasteiger partial charge in [0.1, 0.15) is 0 Å². The zero-order chi connectivity index (χ0) is 12.7. The van der Waals surface area contributed by atoms with E-state index < -0.39 is 0 Å². The maximum Gasteiger partial charge on any atom is 0.0498 e. The van der Waals surface area contributed by atoms with Crippen LogP contribution in [0, 0.1) is 0 Å². The molecular formula is C13H16Cl3N. The first-order valence-corrected chi connectivity index (χ1v) is 6.96. The molecule has 0 aliphatic rings. The number of anilines is 1. The maximum atomic E-state index is 6.21. The Hall–Kier alpha value is -0.370.